The van der Waals surface area contributed by atoms with Gasteiger partial charge in [0.25, 0.3) is 0 Å². The van der Waals surface area contributed by atoms with Gasteiger partial charge in [-0.05, 0) is 13.5 Å². The molecule has 4 nitrogen and oxygen atoms in total. The summed E-state index contributed by atoms with van der Waals surface area (Å²) in [6, 6.07) is 0. The zero-order valence-electron chi connectivity index (χ0n) is 10.4. The largest absolute Gasteiger partial charge is 0.346 e. The van der Waals surface area contributed by atoms with Crippen LogP contribution in [0.15, 0.2) is 0 Å². The molecule has 1 saturated heterocycles. The minimum absolute atomic E-state index is 0.615. The number of hydrogen-bond acceptors (Lipinski definition) is 5. The number of nitrogens with one attached hydrogen (secondary N) is 1. The summed E-state index contributed by atoms with van der Waals surface area (Å²) in [4.78, 5) is 8.19. The third-order valence-electron chi connectivity index (χ3n) is 2.87. The second kappa shape index (κ2) is 5.93. The molecule has 2 rings (SSSR count). The van der Waals surface area contributed by atoms with Gasteiger partial charge >= 0.3 is 0 Å². The van der Waals surface area contributed by atoms with E-state index in [9.17, 15) is 4.21 Å². The van der Waals surface area contributed by atoms with E-state index < -0.39 is 10.8 Å². The van der Waals surface area contributed by atoms with Crippen molar-refractivity contribution in [2.24, 2.45) is 0 Å². The summed E-state index contributed by atoms with van der Waals surface area (Å²) < 4.78 is 11.3. The lowest BCUT2D eigenvalue weighted by molar-refractivity contribution is 0.673. The molecule has 0 radical (unpaired) electrons. The van der Waals surface area contributed by atoms with E-state index in [1.54, 1.807) is 11.3 Å². The molecule has 1 aliphatic heterocycles. The first-order valence-corrected chi connectivity index (χ1v) is 8.28. The van der Waals surface area contributed by atoms with Crippen LogP contribution in [0, 0.1) is 6.92 Å². The van der Waals surface area contributed by atoms with E-state index in [2.05, 4.69) is 29.0 Å². The van der Waals surface area contributed by atoms with Gasteiger partial charge < -0.3 is 10.2 Å². The standard InChI is InChI=1S/C11H19N3OS2/c1-3-12-8-10-9(2)13-11(16-10)14-4-6-17(15)7-5-14/h12H,3-8H2,1-2H3. The first kappa shape index (κ1) is 13.0. The fraction of sp³-hybridized carbons (Fsp3) is 0.727. The molecule has 0 unspecified atom stereocenters. The highest BCUT2D eigenvalue weighted by molar-refractivity contribution is 7.85. The van der Waals surface area contributed by atoms with Crippen molar-refractivity contribution < 1.29 is 4.21 Å². The minimum Gasteiger partial charge on any atom is -0.346 e. The summed E-state index contributed by atoms with van der Waals surface area (Å²) in [5.74, 6) is 1.56. The van der Waals surface area contributed by atoms with Crippen LogP contribution in [-0.2, 0) is 17.3 Å². The molecule has 2 heterocycles. The molecular formula is C11H19N3OS2. The quantitative estimate of drug-likeness (QED) is 0.893. The van der Waals surface area contributed by atoms with Gasteiger partial charge in [0.15, 0.2) is 5.13 Å². The lowest BCUT2D eigenvalue weighted by Crippen LogP contribution is -2.37. The van der Waals surface area contributed by atoms with Gasteiger partial charge in [0.1, 0.15) is 0 Å². The van der Waals surface area contributed by atoms with Crippen molar-refractivity contribution in [1.29, 1.82) is 0 Å². The summed E-state index contributed by atoms with van der Waals surface area (Å²) in [6.45, 7) is 7.81. The highest BCUT2D eigenvalue weighted by Crippen LogP contribution is 2.26. The van der Waals surface area contributed by atoms with Gasteiger partial charge in [0.2, 0.25) is 0 Å². The van der Waals surface area contributed by atoms with E-state index in [1.165, 1.54) is 4.88 Å². The van der Waals surface area contributed by atoms with Crippen LogP contribution in [0.4, 0.5) is 5.13 Å². The van der Waals surface area contributed by atoms with Crippen molar-refractivity contribution in [3.8, 4) is 0 Å². The average Bonchev–Trinajstić information content (AvgIpc) is 2.69. The van der Waals surface area contributed by atoms with Crippen molar-refractivity contribution in [2.75, 3.05) is 36.0 Å². The molecule has 1 aromatic heterocycles. The van der Waals surface area contributed by atoms with Gasteiger partial charge in [-0.25, -0.2) is 4.98 Å². The molecule has 0 spiro atoms. The maximum Gasteiger partial charge on any atom is 0.185 e. The summed E-state index contributed by atoms with van der Waals surface area (Å²) in [5.41, 5.74) is 1.12. The number of aryl methyl sites for hydroxylation is 1. The first-order valence-electron chi connectivity index (χ1n) is 5.97. The third-order valence-corrected chi connectivity index (χ3v) is 5.36. The number of thiazole rings is 1. The summed E-state index contributed by atoms with van der Waals surface area (Å²) in [5, 5.41) is 4.42. The highest BCUT2D eigenvalue weighted by atomic mass is 32.2. The van der Waals surface area contributed by atoms with Crippen LogP contribution in [0.2, 0.25) is 0 Å². The first-order chi connectivity index (χ1) is 8.20. The molecule has 6 heteroatoms. The lowest BCUT2D eigenvalue weighted by Gasteiger charge is -2.25. The molecule has 1 fully saturated rings. The maximum absolute atomic E-state index is 11.3. The van der Waals surface area contributed by atoms with Crippen molar-refractivity contribution in [3.63, 3.8) is 0 Å². The highest BCUT2D eigenvalue weighted by Gasteiger charge is 2.19. The number of hydrogen-bond donors (Lipinski definition) is 1. The van der Waals surface area contributed by atoms with Gasteiger partial charge in [-0.2, -0.15) is 0 Å². The van der Waals surface area contributed by atoms with E-state index in [0.29, 0.717) is 0 Å². The Balaban J connectivity index is 2.03. The lowest BCUT2D eigenvalue weighted by atomic mass is 10.4. The topological polar surface area (TPSA) is 45.2 Å². The molecule has 1 aliphatic rings. The Morgan fingerprint density at radius 3 is 2.82 bits per heavy atom. The van der Waals surface area contributed by atoms with Crippen molar-refractivity contribution in [1.82, 2.24) is 10.3 Å². The third kappa shape index (κ3) is 3.26. The number of rotatable bonds is 4. The number of aromatic nitrogens is 1. The average molecular weight is 273 g/mol. The molecule has 96 valence electrons. The van der Waals surface area contributed by atoms with Gasteiger partial charge in [-0.15, -0.1) is 11.3 Å². The van der Waals surface area contributed by atoms with Crippen LogP contribution < -0.4 is 10.2 Å². The second-order valence-electron chi connectivity index (χ2n) is 4.12. The van der Waals surface area contributed by atoms with Crippen molar-refractivity contribution in [3.05, 3.63) is 10.6 Å². The molecule has 0 atom stereocenters. The van der Waals surface area contributed by atoms with Gasteiger partial charge in [-0.1, -0.05) is 6.92 Å². The zero-order chi connectivity index (χ0) is 12.3. The Labute approximate surface area is 109 Å². The predicted octanol–water partition coefficient (Wildman–Crippen LogP) is 1.13. The molecular weight excluding hydrogens is 254 g/mol. The second-order valence-corrected chi connectivity index (χ2v) is 6.88. The maximum atomic E-state index is 11.3. The predicted molar refractivity (Wildman–Crippen MR) is 74.3 cm³/mol. The fourth-order valence-electron chi connectivity index (χ4n) is 1.78. The normalized spacial score (nSPS) is 17.6. The monoisotopic (exact) mass is 273 g/mol. The Morgan fingerprint density at radius 2 is 2.18 bits per heavy atom. The van der Waals surface area contributed by atoms with Crippen LogP contribution in [0.25, 0.3) is 0 Å². The molecule has 1 N–H and O–H groups in total. The van der Waals surface area contributed by atoms with Crippen LogP contribution in [0.3, 0.4) is 0 Å². The SMILES string of the molecule is CCNCc1sc(N2CCS(=O)CC2)nc1C. The number of anilines is 1. The summed E-state index contributed by atoms with van der Waals surface area (Å²) >= 11 is 1.76. The Morgan fingerprint density at radius 1 is 1.47 bits per heavy atom. The van der Waals surface area contributed by atoms with Crippen LogP contribution >= 0.6 is 11.3 Å². The van der Waals surface area contributed by atoms with Crippen molar-refractivity contribution >= 4 is 27.3 Å². The minimum atomic E-state index is -0.615. The van der Waals surface area contributed by atoms with E-state index in [0.717, 1.165) is 48.5 Å². The molecule has 0 aromatic carbocycles. The summed E-state index contributed by atoms with van der Waals surface area (Å²) in [6.07, 6.45) is 0. The Kier molecular flexibility index (Phi) is 4.53. The fourth-order valence-corrected chi connectivity index (χ4v) is 3.91. The Hall–Kier alpha value is -0.460. The molecule has 1 aromatic rings. The van der Waals surface area contributed by atoms with Gasteiger partial charge in [0, 0.05) is 46.8 Å². The van der Waals surface area contributed by atoms with Crippen LogP contribution in [0.5, 0.6) is 0 Å². The number of nitrogens with zero attached hydrogens (tertiary/aromatic N) is 2. The summed E-state index contributed by atoms with van der Waals surface area (Å²) in [7, 11) is -0.615. The van der Waals surface area contributed by atoms with E-state index in [-0.39, 0.29) is 0 Å². The molecule has 0 aliphatic carbocycles. The van der Waals surface area contributed by atoms with Gasteiger partial charge in [0.05, 0.1) is 5.69 Å². The van der Waals surface area contributed by atoms with Crippen LogP contribution in [0.1, 0.15) is 17.5 Å². The van der Waals surface area contributed by atoms with E-state index in [4.69, 9.17) is 0 Å². The van der Waals surface area contributed by atoms with Crippen LogP contribution in [-0.4, -0.2) is 40.3 Å². The van der Waals surface area contributed by atoms with Gasteiger partial charge in [-0.3, -0.25) is 4.21 Å². The molecule has 0 saturated carbocycles. The van der Waals surface area contributed by atoms with E-state index in [1.807, 2.05) is 0 Å². The molecule has 17 heavy (non-hydrogen) atoms. The van der Waals surface area contributed by atoms with E-state index >= 15 is 0 Å². The zero-order valence-corrected chi connectivity index (χ0v) is 12.0. The van der Waals surface area contributed by atoms with Crippen molar-refractivity contribution in [2.45, 2.75) is 20.4 Å². The molecule has 0 bridgehead atoms. The smallest absolute Gasteiger partial charge is 0.185 e. The Bertz CT molecular complexity index is 395. The molecule has 0 amide bonds.